The molecule has 240 valence electrons. The quantitative estimate of drug-likeness (QED) is 0.186. The zero-order valence-electron chi connectivity index (χ0n) is 25.2. The molecule has 6 rings (SSSR count). The lowest BCUT2D eigenvalue weighted by Gasteiger charge is -2.17. The minimum Gasteiger partial charge on any atom is -0.491 e. The molecule has 0 radical (unpaired) electrons. The normalized spacial score (nSPS) is 11.8. The molecule has 0 aliphatic carbocycles. The van der Waals surface area contributed by atoms with Gasteiger partial charge in [0.25, 0.3) is 5.56 Å². The van der Waals surface area contributed by atoms with Crippen molar-refractivity contribution in [2.75, 3.05) is 6.61 Å². The third-order valence-electron chi connectivity index (χ3n) is 7.41. The highest BCUT2D eigenvalue weighted by Crippen LogP contribution is 2.41. The molecule has 0 amide bonds. The van der Waals surface area contributed by atoms with Crippen molar-refractivity contribution >= 4 is 50.2 Å². The monoisotopic (exact) mass is 680 g/mol. The van der Waals surface area contributed by atoms with Crippen molar-refractivity contribution in [2.24, 2.45) is 0 Å². The minimum absolute atomic E-state index is 0.00990. The van der Waals surface area contributed by atoms with Crippen molar-refractivity contribution < 1.29 is 27.8 Å². The first-order chi connectivity index (χ1) is 22.2. The number of halogens is 4. The SMILES string of the molecule is Cc1cnc(-c2nc3c(=O)n(CCOc4ccc(Cl)cc4-c4cc(C)nc5c(C(=O)O)csc45)c(C)nc3cc2C(F)(F)F)c(C)n1. The third kappa shape index (κ3) is 6.01. The lowest BCUT2D eigenvalue weighted by molar-refractivity contribution is -0.137. The first-order valence-electron chi connectivity index (χ1n) is 14.1. The smallest absolute Gasteiger partial charge is 0.418 e. The van der Waals surface area contributed by atoms with Crippen LogP contribution < -0.4 is 10.3 Å². The number of ether oxygens (including phenoxy) is 1. The summed E-state index contributed by atoms with van der Waals surface area (Å²) in [6.07, 6.45) is -3.45. The van der Waals surface area contributed by atoms with E-state index in [2.05, 4.69) is 24.9 Å². The maximum Gasteiger partial charge on any atom is 0.418 e. The second-order valence-corrected chi connectivity index (χ2v) is 12.1. The van der Waals surface area contributed by atoms with Crippen LogP contribution in [-0.2, 0) is 12.7 Å². The molecule has 5 heterocycles. The van der Waals surface area contributed by atoms with Gasteiger partial charge in [0.1, 0.15) is 29.6 Å². The van der Waals surface area contributed by atoms with Gasteiger partial charge in [-0.15, -0.1) is 11.3 Å². The van der Waals surface area contributed by atoms with Crippen LogP contribution in [0.2, 0.25) is 5.02 Å². The number of carboxylic acid groups (broad SMARTS) is 1. The number of pyridine rings is 2. The topological polar surface area (TPSA) is 133 Å². The highest BCUT2D eigenvalue weighted by atomic mass is 35.5. The van der Waals surface area contributed by atoms with Crippen molar-refractivity contribution in [3.63, 3.8) is 0 Å². The number of carbonyl (C=O) groups is 1. The van der Waals surface area contributed by atoms with E-state index >= 15 is 0 Å². The minimum atomic E-state index is -4.79. The molecule has 0 spiro atoms. The number of aromatic nitrogens is 6. The van der Waals surface area contributed by atoms with Gasteiger partial charge in [0.05, 0.1) is 44.8 Å². The molecule has 0 unspecified atom stereocenters. The predicted molar refractivity (Wildman–Crippen MR) is 171 cm³/mol. The fourth-order valence-corrected chi connectivity index (χ4v) is 6.50. The number of thiophene rings is 1. The van der Waals surface area contributed by atoms with Crippen LogP contribution in [0.4, 0.5) is 13.2 Å². The summed E-state index contributed by atoms with van der Waals surface area (Å²) < 4.78 is 50.5. The fourth-order valence-electron chi connectivity index (χ4n) is 5.32. The van der Waals surface area contributed by atoms with Crippen LogP contribution in [-0.4, -0.2) is 47.2 Å². The number of fused-ring (bicyclic) bond motifs is 2. The van der Waals surface area contributed by atoms with Gasteiger partial charge in [0.2, 0.25) is 0 Å². The first kappa shape index (κ1) is 32.0. The number of rotatable bonds is 7. The molecular weight excluding hydrogens is 657 g/mol. The van der Waals surface area contributed by atoms with Gasteiger partial charge in [0.15, 0.2) is 5.52 Å². The Bertz CT molecular complexity index is 2300. The maximum absolute atomic E-state index is 14.2. The van der Waals surface area contributed by atoms with E-state index < -0.39 is 29.0 Å². The van der Waals surface area contributed by atoms with Gasteiger partial charge >= 0.3 is 12.1 Å². The predicted octanol–water partition coefficient (Wildman–Crippen LogP) is 7.21. The Morgan fingerprint density at radius 1 is 0.979 bits per heavy atom. The van der Waals surface area contributed by atoms with Crippen LogP contribution in [0.15, 0.2) is 46.7 Å². The van der Waals surface area contributed by atoms with Gasteiger partial charge in [-0.1, -0.05) is 11.6 Å². The molecule has 0 saturated carbocycles. The van der Waals surface area contributed by atoms with Crippen molar-refractivity contribution in [1.29, 1.82) is 0 Å². The second kappa shape index (κ2) is 12.0. The zero-order chi connectivity index (χ0) is 33.8. The Hall–Kier alpha value is -4.95. The van der Waals surface area contributed by atoms with Crippen LogP contribution in [0.1, 0.15) is 38.8 Å². The Morgan fingerprint density at radius 2 is 1.74 bits per heavy atom. The average Bonchev–Trinajstić information content (AvgIpc) is 3.42. The molecule has 0 saturated heterocycles. The number of aryl methyl sites for hydroxylation is 4. The van der Waals surface area contributed by atoms with Crippen LogP contribution in [0, 0.1) is 27.7 Å². The molecule has 6 aromatic rings. The fraction of sp³-hybridized carbons (Fsp3) is 0.219. The standard InChI is InChI=1S/C32H24ClF3N6O4S/c1-14-9-20(29-26(39-14)21(13-47-29)31(44)45)19-10-18(33)5-6-24(19)46-8-7-42-17(4)40-23-11-22(32(34,35)36)27(41-28(23)30(42)43)25-16(3)38-15(2)12-37-25/h5-6,9-13H,7-8H2,1-4H3,(H,44,45). The number of benzene rings is 1. The van der Waals surface area contributed by atoms with Gasteiger partial charge in [0, 0.05) is 33.4 Å². The second-order valence-electron chi connectivity index (χ2n) is 10.7. The van der Waals surface area contributed by atoms with Crippen LogP contribution in [0.3, 0.4) is 0 Å². The Balaban J connectivity index is 1.37. The molecule has 15 heteroatoms. The van der Waals surface area contributed by atoms with E-state index in [1.54, 1.807) is 32.0 Å². The average molecular weight is 681 g/mol. The van der Waals surface area contributed by atoms with Crippen molar-refractivity contribution in [1.82, 2.24) is 29.5 Å². The lowest BCUT2D eigenvalue weighted by atomic mass is 10.0. The number of hydrogen-bond donors (Lipinski definition) is 1. The summed E-state index contributed by atoms with van der Waals surface area (Å²) in [5.41, 5.74) is 0.275. The summed E-state index contributed by atoms with van der Waals surface area (Å²) >= 11 is 7.59. The Labute approximate surface area is 273 Å². The Morgan fingerprint density at radius 3 is 2.45 bits per heavy atom. The van der Waals surface area contributed by atoms with E-state index in [4.69, 9.17) is 16.3 Å². The first-order valence-corrected chi connectivity index (χ1v) is 15.3. The third-order valence-corrected chi connectivity index (χ3v) is 8.64. The summed E-state index contributed by atoms with van der Waals surface area (Å²) in [5.74, 6) is -0.511. The molecule has 0 aliphatic rings. The highest BCUT2D eigenvalue weighted by molar-refractivity contribution is 7.18. The number of carboxylic acids is 1. The molecule has 0 bridgehead atoms. The number of alkyl halides is 3. The van der Waals surface area contributed by atoms with E-state index in [1.165, 1.54) is 41.3 Å². The molecule has 0 fully saturated rings. The summed E-state index contributed by atoms with van der Waals surface area (Å²) in [7, 11) is 0. The van der Waals surface area contributed by atoms with Crippen molar-refractivity contribution in [2.45, 2.75) is 40.4 Å². The number of aromatic carboxylic acids is 1. The molecule has 0 aliphatic heterocycles. The van der Waals surface area contributed by atoms with Crippen LogP contribution in [0.5, 0.6) is 5.75 Å². The highest BCUT2D eigenvalue weighted by Gasteiger charge is 2.36. The van der Waals surface area contributed by atoms with Gasteiger partial charge in [-0.2, -0.15) is 13.2 Å². The molecule has 1 aromatic carbocycles. The maximum atomic E-state index is 14.2. The van der Waals surface area contributed by atoms with Crippen molar-refractivity contribution in [3.05, 3.63) is 91.3 Å². The number of nitrogens with zero attached hydrogens (tertiary/aromatic N) is 6. The van der Waals surface area contributed by atoms with E-state index in [-0.39, 0.29) is 47.0 Å². The van der Waals surface area contributed by atoms with Gasteiger partial charge < -0.3 is 9.84 Å². The van der Waals surface area contributed by atoms with E-state index in [9.17, 15) is 27.9 Å². The van der Waals surface area contributed by atoms with Crippen molar-refractivity contribution in [3.8, 4) is 28.3 Å². The van der Waals surface area contributed by atoms with Gasteiger partial charge in [-0.25, -0.2) is 14.8 Å². The largest absolute Gasteiger partial charge is 0.491 e. The number of hydrogen-bond acceptors (Lipinski definition) is 9. The molecule has 0 atom stereocenters. The van der Waals surface area contributed by atoms with E-state index in [0.717, 1.165) is 6.07 Å². The zero-order valence-corrected chi connectivity index (χ0v) is 26.8. The van der Waals surface area contributed by atoms with E-state index in [0.29, 0.717) is 43.5 Å². The van der Waals surface area contributed by atoms with Gasteiger partial charge in [-0.05, 0) is 58.0 Å². The molecule has 10 nitrogen and oxygen atoms in total. The summed E-state index contributed by atoms with van der Waals surface area (Å²) in [5, 5.41) is 11.6. The summed E-state index contributed by atoms with van der Waals surface area (Å²) in [4.78, 5) is 46.7. The molecule has 1 N–H and O–H groups in total. The molecule has 47 heavy (non-hydrogen) atoms. The van der Waals surface area contributed by atoms with Crippen LogP contribution in [0.25, 0.3) is 43.8 Å². The van der Waals surface area contributed by atoms with Crippen LogP contribution >= 0.6 is 22.9 Å². The lowest BCUT2D eigenvalue weighted by Crippen LogP contribution is -2.28. The van der Waals surface area contributed by atoms with Gasteiger partial charge in [-0.3, -0.25) is 24.3 Å². The Kier molecular flexibility index (Phi) is 8.18. The summed E-state index contributed by atoms with van der Waals surface area (Å²) in [6, 6.07) is 7.61. The molecular formula is C32H24ClF3N6O4S. The van der Waals surface area contributed by atoms with E-state index in [1.807, 2.05) is 6.07 Å². The summed E-state index contributed by atoms with van der Waals surface area (Å²) in [6.45, 7) is 6.41. The molecule has 5 aromatic heterocycles.